The summed E-state index contributed by atoms with van der Waals surface area (Å²) in [7, 11) is 0. The van der Waals surface area contributed by atoms with Crippen LogP contribution in [0.2, 0.25) is 0 Å². The molecule has 1 heterocycles. The molecule has 4 N–H and O–H groups in total. The first kappa shape index (κ1) is 23.4. The zero-order valence-corrected chi connectivity index (χ0v) is 19.6. The first-order valence-corrected chi connectivity index (χ1v) is 11.4. The molecule has 2 aromatic carbocycles. The van der Waals surface area contributed by atoms with E-state index in [0.717, 1.165) is 16.9 Å². The van der Waals surface area contributed by atoms with Gasteiger partial charge >= 0.3 is 0 Å². The van der Waals surface area contributed by atoms with Gasteiger partial charge in [-0.2, -0.15) is 0 Å². The molecule has 3 aromatic rings. The van der Waals surface area contributed by atoms with Crippen molar-refractivity contribution < 1.29 is 14.3 Å². The summed E-state index contributed by atoms with van der Waals surface area (Å²) in [6, 6.07) is 17.0. The number of thiophene rings is 1. The quantitative estimate of drug-likeness (QED) is 0.425. The molecular weight excluding hydrogens is 442 g/mol. The Hall–Kier alpha value is -3.23. The molecule has 8 heteroatoms. The van der Waals surface area contributed by atoms with Gasteiger partial charge in [0.2, 0.25) is 0 Å². The Morgan fingerprint density at radius 3 is 2.56 bits per heavy atom. The molecule has 0 radical (unpaired) electrons. The molecule has 0 aliphatic heterocycles. The fraction of sp³-hybridized carbons (Fsp3) is 0.208. The van der Waals surface area contributed by atoms with Gasteiger partial charge < -0.3 is 15.8 Å². The van der Waals surface area contributed by atoms with Crippen LogP contribution in [-0.4, -0.2) is 23.5 Å². The van der Waals surface area contributed by atoms with Crippen LogP contribution in [0.1, 0.15) is 43.6 Å². The van der Waals surface area contributed by atoms with Gasteiger partial charge in [0.15, 0.2) is 5.11 Å². The number of amides is 2. The lowest BCUT2D eigenvalue weighted by atomic mass is 10.1. The summed E-state index contributed by atoms with van der Waals surface area (Å²) in [5.41, 5.74) is 8.45. The van der Waals surface area contributed by atoms with Crippen LogP contribution in [-0.2, 0) is 12.8 Å². The molecule has 2 amide bonds. The van der Waals surface area contributed by atoms with Crippen molar-refractivity contribution in [2.75, 3.05) is 11.9 Å². The van der Waals surface area contributed by atoms with Gasteiger partial charge in [-0.15, -0.1) is 11.3 Å². The van der Waals surface area contributed by atoms with Crippen LogP contribution in [0.25, 0.3) is 0 Å². The summed E-state index contributed by atoms with van der Waals surface area (Å²) in [6.07, 6.45) is 1.45. The minimum atomic E-state index is -0.525. The van der Waals surface area contributed by atoms with E-state index in [1.165, 1.54) is 16.9 Å². The van der Waals surface area contributed by atoms with Crippen LogP contribution in [0.5, 0.6) is 5.75 Å². The number of nitrogens with one attached hydrogen (secondary N) is 2. The van der Waals surface area contributed by atoms with Crippen LogP contribution in [0.15, 0.2) is 54.6 Å². The number of carbonyl (C=O) groups excluding carboxylic acids is 2. The van der Waals surface area contributed by atoms with E-state index in [0.29, 0.717) is 34.9 Å². The second-order valence-corrected chi connectivity index (χ2v) is 8.71. The van der Waals surface area contributed by atoms with E-state index < -0.39 is 5.91 Å². The Morgan fingerprint density at radius 1 is 1.12 bits per heavy atom. The maximum Gasteiger partial charge on any atom is 0.257 e. The van der Waals surface area contributed by atoms with Crippen molar-refractivity contribution in [1.82, 2.24) is 5.32 Å². The largest absolute Gasteiger partial charge is 0.493 e. The Bertz CT molecular complexity index is 1130. The average molecular weight is 468 g/mol. The van der Waals surface area contributed by atoms with Crippen LogP contribution in [0.4, 0.5) is 5.00 Å². The van der Waals surface area contributed by atoms with Gasteiger partial charge in [-0.1, -0.05) is 43.3 Å². The second kappa shape index (κ2) is 10.9. The highest BCUT2D eigenvalue weighted by Crippen LogP contribution is 2.33. The molecule has 32 heavy (non-hydrogen) atoms. The van der Waals surface area contributed by atoms with E-state index in [1.54, 1.807) is 24.3 Å². The highest BCUT2D eigenvalue weighted by Gasteiger charge is 2.20. The smallest absolute Gasteiger partial charge is 0.257 e. The van der Waals surface area contributed by atoms with Crippen LogP contribution in [0, 0.1) is 6.92 Å². The van der Waals surface area contributed by atoms with E-state index in [9.17, 15) is 9.59 Å². The van der Waals surface area contributed by atoms with Gasteiger partial charge in [0, 0.05) is 16.9 Å². The molecule has 0 spiro atoms. The highest BCUT2D eigenvalue weighted by atomic mass is 32.1. The third kappa shape index (κ3) is 5.93. The third-order valence-electron chi connectivity index (χ3n) is 4.86. The maximum atomic E-state index is 12.7. The van der Waals surface area contributed by atoms with E-state index in [1.807, 2.05) is 44.2 Å². The Labute approximate surface area is 196 Å². The molecule has 1 aromatic heterocycles. The van der Waals surface area contributed by atoms with Crippen molar-refractivity contribution in [3.05, 3.63) is 81.7 Å². The van der Waals surface area contributed by atoms with Crippen LogP contribution >= 0.6 is 23.6 Å². The number of carbonyl (C=O) groups is 2. The summed E-state index contributed by atoms with van der Waals surface area (Å²) in [6.45, 7) is 4.38. The number of hydrogen-bond acceptors (Lipinski definition) is 5. The number of benzene rings is 2. The van der Waals surface area contributed by atoms with Crippen molar-refractivity contribution in [2.45, 2.75) is 26.7 Å². The number of nitrogens with two attached hydrogens (primary N) is 1. The fourth-order valence-corrected chi connectivity index (χ4v) is 4.74. The first-order valence-electron chi connectivity index (χ1n) is 10.2. The molecule has 6 nitrogen and oxygen atoms in total. The molecule has 0 aliphatic carbocycles. The minimum absolute atomic E-state index is 0.0943. The molecule has 0 atom stereocenters. The summed E-state index contributed by atoms with van der Waals surface area (Å²) in [4.78, 5) is 25.5. The first-order chi connectivity index (χ1) is 15.4. The van der Waals surface area contributed by atoms with E-state index >= 15 is 0 Å². The second-order valence-electron chi connectivity index (χ2n) is 7.08. The normalized spacial score (nSPS) is 10.4. The van der Waals surface area contributed by atoms with Crippen molar-refractivity contribution in [1.29, 1.82) is 0 Å². The number of aryl methyl sites for hydroxylation is 1. The monoisotopic (exact) mass is 467 g/mol. The Kier molecular flexibility index (Phi) is 7.97. The van der Waals surface area contributed by atoms with Gasteiger partial charge in [-0.05, 0) is 54.9 Å². The summed E-state index contributed by atoms with van der Waals surface area (Å²) < 4.78 is 5.79. The van der Waals surface area contributed by atoms with Crippen molar-refractivity contribution in [3.63, 3.8) is 0 Å². The molecular formula is C24H25N3O3S2. The Balaban J connectivity index is 1.60. The van der Waals surface area contributed by atoms with Gasteiger partial charge in [0.25, 0.3) is 11.8 Å². The van der Waals surface area contributed by atoms with Crippen LogP contribution in [0.3, 0.4) is 0 Å². The average Bonchev–Trinajstić information content (AvgIpc) is 3.09. The highest BCUT2D eigenvalue weighted by molar-refractivity contribution is 7.80. The van der Waals surface area contributed by atoms with Gasteiger partial charge in [-0.3, -0.25) is 14.9 Å². The lowest BCUT2D eigenvalue weighted by molar-refractivity contribution is 0.0975. The molecule has 0 fully saturated rings. The number of anilines is 1. The topological polar surface area (TPSA) is 93.4 Å². The zero-order valence-electron chi connectivity index (χ0n) is 17.9. The van der Waals surface area contributed by atoms with E-state index in [-0.39, 0.29) is 11.0 Å². The molecule has 0 unspecified atom stereocenters. The summed E-state index contributed by atoms with van der Waals surface area (Å²) in [5.74, 6) is -0.297. The third-order valence-corrected chi connectivity index (χ3v) is 6.13. The number of ether oxygens (including phenoxy) is 1. The van der Waals surface area contributed by atoms with E-state index in [2.05, 4.69) is 10.6 Å². The number of primary amides is 1. The van der Waals surface area contributed by atoms with Crippen molar-refractivity contribution >= 4 is 45.5 Å². The molecule has 0 saturated carbocycles. The summed E-state index contributed by atoms with van der Waals surface area (Å²) >= 11 is 6.67. The predicted molar refractivity (Wildman–Crippen MR) is 133 cm³/mol. The zero-order chi connectivity index (χ0) is 23.1. The molecule has 0 saturated heterocycles. The standard InChI is InChI=1S/C24H25N3O3S2/c1-3-19-15(2)32-23(20(19)21(25)28)27-24(31)26-22(29)17-10-7-11-18(14-17)30-13-12-16-8-5-4-6-9-16/h4-11,14H,3,12-13H2,1-2H3,(H2,25,28)(H2,26,27,29,31). The SMILES string of the molecule is CCc1c(C)sc(NC(=S)NC(=O)c2cccc(OCCc3ccccc3)c2)c1C(N)=O. The molecule has 166 valence electrons. The van der Waals surface area contributed by atoms with Crippen molar-refractivity contribution in [2.24, 2.45) is 5.73 Å². The van der Waals surface area contributed by atoms with Crippen LogP contribution < -0.4 is 21.1 Å². The Morgan fingerprint density at radius 2 is 1.88 bits per heavy atom. The lowest BCUT2D eigenvalue weighted by Crippen LogP contribution is -2.34. The minimum Gasteiger partial charge on any atom is -0.493 e. The van der Waals surface area contributed by atoms with Gasteiger partial charge in [-0.25, -0.2) is 0 Å². The number of rotatable bonds is 8. The summed E-state index contributed by atoms with van der Waals surface area (Å²) in [5, 5.41) is 6.22. The molecule has 0 aliphatic rings. The maximum absolute atomic E-state index is 12.7. The van der Waals surface area contributed by atoms with Crippen molar-refractivity contribution in [3.8, 4) is 5.75 Å². The number of thiocarbonyl (C=S) groups is 1. The lowest BCUT2D eigenvalue weighted by Gasteiger charge is -2.11. The van der Waals surface area contributed by atoms with Gasteiger partial charge in [0.1, 0.15) is 10.8 Å². The van der Waals surface area contributed by atoms with Gasteiger partial charge in [0.05, 0.1) is 12.2 Å². The number of hydrogen-bond donors (Lipinski definition) is 3. The predicted octanol–water partition coefficient (Wildman–Crippen LogP) is 4.47. The van der Waals surface area contributed by atoms with E-state index in [4.69, 9.17) is 22.7 Å². The fourth-order valence-electron chi connectivity index (χ4n) is 3.32. The molecule has 3 rings (SSSR count). The molecule has 0 bridgehead atoms.